The molecule has 3 N–H and O–H groups in total. The van der Waals surface area contributed by atoms with Crippen molar-refractivity contribution in [2.45, 2.75) is 5.54 Å². The first-order valence-corrected chi connectivity index (χ1v) is 5.80. The maximum atomic E-state index is 13.1. The molecule has 3 nitrogen and oxygen atoms in total. The first-order valence-electron chi connectivity index (χ1n) is 5.01. The largest absolute Gasteiger partial charge is 0.396 e. The monoisotopic (exact) mass is 289 g/mol. The number of ether oxygens (including phenoxy) is 1. The third-order valence-corrected chi connectivity index (χ3v) is 3.67. The van der Waals surface area contributed by atoms with Crippen LogP contribution in [0.2, 0.25) is 0 Å². The maximum Gasteiger partial charge on any atom is 0.137 e. The molecule has 1 heterocycles. The molecule has 0 saturated carbocycles. The van der Waals surface area contributed by atoms with Gasteiger partial charge in [-0.1, -0.05) is 6.07 Å². The van der Waals surface area contributed by atoms with Gasteiger partial charge in [0.25, 0.3) is 0 Å². The van der Waals surface area contributed by atoms with Gasteiger partial charge in [0.2, 0.25) is 0 Å². The smallest absolute Gasteiger partial charge is 0.137 e. The molecule has 0 radical (unpaired) electrons. The number of hydrogen-bond donors (Lipinski definition) is 2. The lowest BCUT2D eigenvalue weighted by Crippen LogP contribution is -2.45. The number of rotatable bonds is 2. The van der Waals surface area contributed by atoms with E-state index in [4.69, 9.17) is 10.5 Å². The van der Waals surface area contributed by atoms with Gasteiger partial charge >= 0.3 is 0 Å². The van der Waals surface area contributed by atoms with E-state index in [-0.39, 0.29) is 18.3 Å². The number of aliphatic hydroxyl groups excluding tert-OH is 1. The van der Waals surface area contributed by atoms with Gasteiger partial charge < -0.3 is 15.6 Å². The lowest BCUT2D eigenvalue weighted by atomic mass is 9.82. The molecule has 0 spiro atoms. The summed E-state index contributed by atoms with van der Waals surface area (Å²) < 4.78 is 18.8. The van der Waals surface area contributed by atoms with Crippen molar-refractivity contribution in [3.05, 3.63) is 34.1 Å². The Morgan fingerprint density at radius 2 is 2.38 bits per heavy atom. The molecule has 0 amide bonds. The molecular weight excluding hydrogens is 277 g/mol. The molecule has 2 atom stereocenters. The van der Waals surface area contributed by atoms with E-state index < -0.39 is 5.54 Å². The number of benzene rings is 1. The van der Waals surface area contributed by atoms with Crippen LogP contribution >= 0.6 is 15.9 Å². The van der Waals surface area contributed by atoms with Crippen LogP contribution in [-0.2, 0) is 10.3 Å². The van der Waals surface area contributed by atoms with E-state index in [1.165, 1.54) is 6.07 Å². The zero-order valence-electron chi connectivity index (χ0n) is 8.62. The van der Waals surface area contributed by atoms with Gasteiger partial charge in [-0.2, -0.15) is 0 Å². The summed E-state index contributed by atoms with van der Waals surface area (Å²) in [6.45, 7) is 0.740. The van der Waals surface area contributed by atoms with Crippen LogP contribution < -0.4 is 5.73 Å². The molecule has 1 aliphatic rings. The molecule has 16 heavy (non-hydrogen) atoms. The number of halogens is 2. The summed E-state index contributed by atoms with van der Waals surface area (Å²) in [6.07, 6.45) is 0. The summed E-state index contributed by atoms with van der Waals surface area (Å²) in [4.78, 5) is 0. The summed E-state index contributed by atoms with van der Waals surface area (Å²) in [7, 11) is 0. The van der Waals surface area contributed by atoms with Crippen LogP contribution in [0.4, 0.5) is 4.39 Å². The third kappa shape index (κ3) is 1.88. The van der Waals surface area contributed by atoms with Gasteiger partial charge in [0.15, 0.2) is 0 Å². The van der Waals surface area contributed by atoms with Gasteiger partial charge in [-0.3, -0.25) is 0 Å². The second kappa shape index (κ2) is 4.41. The normalized spacial score (nSPS) is 29.6. The molecule has 2 rings (SSSR count). The van der Waals surface area contributed by atoms with Crippen molar-refractivity contribution in [3.8, 4) is 0 Å². The fourth-order valence-corrected chi connectivity index (χ4v) is 2.34. The second-order valence-electron chi connectivity index (χ2n) is 4.06. The van der Waals surface area contributed by atoms with Crippen LogP contribution in [0.3, 0.4) is 0 Å². The maximum absolute atomic E-state index is 13.1. The predicted octanol–water partition coefficient (Wildman–Crippen LogP) is 1.38. The highest BCUT2D eigenvalue weighted by Gasteiger charge is 2.41. The minimum atomic E-state index is -0.731. The fourth-order valence-electron chi connectivity index (χ4n) is 1.96. The Balaban J connectivity index is 2.38. The molecule has 5 heteroatoms. The Morgan fingerprint density at radius 3 is 3.00 bits per heavy atom. The molecule has 0 aliphatic carbocycles. The Kier molecular flexibility index (Phi) is 3.30. The van der Waals surface area contributed by atoms with Gasteiger partial charge in [-0.15, -0.1) is 0 Å². The minimum Gasteiger partial charge on any atom is -0.396 e. The zero-order chi connectivity index (χ0) is 11.8. The molecule has 2 unspecified atom stereocenters. The Bertz CT molecular complexity index is 402. The zero-order valence-corrected chi connectivity index (χ0v) is 10.2. The molecule has 1 fully saturated rings. The van der Waals surface area contributed by atoms with Crippen molar-refractivity contribution >= 4 is 15.9 Å². The van der Waals surface area contributed by atoms with E-state index in [0.29, 0.717) is 17.7 Å². The average Bonchev–Trinajstić information content (AvgIpc) is 2.65. The average molecular weight is 290 g/mol. The number of nitrogens with two attached hydrogens (primary N) is 1. The number of aliphatic hydroxyl groups is 1. The third-order valence-electron chi connectivity index (χ3n) is 3.07. The summed E-state index contributed by atoms with van der Waals surface area (Å²) in [5.74, 6) is -0.475. The minimum absolute atomic E-state index is 0.0362. The van der Waals surface area contributed by atoms with Crippen molar-refractivity contribution in [1.82, 2.24) is 0 Å². The number of hydrogen-bond acceptors (Lipinski definition) is 3. The van der Waals surface area contributed by atoms with Crippen LogP contribution in [-0.4, -0.2) is 24.9 Å². The highest BCUT2D eigenvalue weighted by Crippen LogP contribution is 2.34. The van der Waals surface area contributed by atoms with E-state index in [0.717, 1.165) is 5.56 Å². The molecule has 0 bridgehead atoms. The topological polar surface area (TPSA) is 55.5 Å². The van der Waals surface area contributed by atoms with E-state index in [9.17, 15) is 9.50 Å². The summed E-state index contributed by atoms with van der Waals surface area (Å²) >= 11 is 3.13. The van der Waals surface area contributed by atoms with Crippen molar-refractivity contribution in [2.24, 2.45) is 11.7 Å². The lowest BCUT2D eigenvalue weighted by Gasteiger charge is -2.29. The first-order chi connectivity index (χ1) is 7.58. The van der Waals surface area contributed by atoms with Crippen LogP contribution in [0.5, 0.6) is 0 Å². The molecule has 1 aromatic rings. The van der Waals surface area contributed by atoms with Gasteiger partial charge in [0.05, 0.1) is 29.8 Å². The predicted molar refractivity (Wildman–Crippen MR) is 61.4 cm³/mol. The van der Waals surface area contributed by atoms with Gasteiger partial charge in [0.1, 0.15) is 5.82 Å². The van der Waals surface area contributed by atoms with E-state index >= 15 is 0 Å². The van der Waals surface area contributed by atoms with Crippen LogP contribution in [0.1, 0.15) is 5.56 Å². The summed E-state index contributed by atoms with van der Waals surface area (Å²) in [5.41, 5.74) is 6.27. The van der Waals surface area contributed by atoms with E-state index in [1.807, 2.05) is 0 Å². The SMILES string of the molecule is NC1(c2ccc(F)c(Br)c2)COCC1CO. The molecule has 88 valence electrons. The highest BCUT2D eigenvalue weighted by molar-refractivity contribution is 9.10. The summed E-state index contributed by atoms with van der Waals surface area (Å²) in [5, 5.41) is 9.24. The van der Waals surface area contributed by atoms with Gasteiger partial charge in [-0.05, 0) is 33.6 Å². The second-order valence-corrected chi connectivity index (χ2v) is 4.92. The molecule has 0 aromatic heterocycles. The standard InChI is InChI=1S/C11H13BrFNO2/c12-9-3-7(1-2-10(9)13)11(14)6-16-5-8(11)4-15/h1-3,8,15H,4-6,14H2. The van der Waals surface area contributed by atoms with Gasteiger partial charge in [-0.25, -0.2) is 4.39 Å². The van der Waals surface area contributed by atoms with Crippen molar-refractivity contribution < 1.29 is 14.2 Å². The van der Waals surface area contributed by atoms with Crippen LogP contribution in [0.25, 0.3) is 0 Å². The lowest BCUT2D eigenvalue weighted by molar-refractivity contribution is 0.160. The fraction of sp³-hybridized carbons (Fsp3) is 0.455. The van der Waals surface area contributed by atoms with Gasteiger partial charge in [0, 0.05) is 5.92 Å². The van der Waals surface area contributed by atoms with Crippen molar-refractivity contribution in [2.75, 3.05) is 19.8 Å². The van der Waals surface area contributed by atoms with Crippen molar-refractivity contribution in [3.63, 3.8) is 0 Å². The summed E-state index contributed by atoms with van der Waals surface area (Å²) in [6, 6.07) is 4.64. The molecule has 1 saturated heterocycles. The molecule has 1 aromatic carbocycles. The Hall–Kier alpha value is -0.490. The Labute approximate surface area is 102 Å². The highest BCUT2D eigenvalue weighted by atomic mass is 79.9. The first kappa shape index (κ1) is 12.0. The Morgan fingerprint density at radius 1 is 1.62 bits per heavy atom. The van der Waals surface area contributed by atoms with Crippen LogP contribution in [0.15, 0.2) is 22.7 Å². The quantitative estimate of drug-likeness (QED) is 0.865. The van der Waals surface area contributed by atoms with E-state index in [1.54, 1.807) is 12.1 Å². The van der Waals surface area contributed by atoms with E-state index in [2.05, 4.69) is 15.9 Å². The van der Waals surface area contributed by atoms with Crippen molar-refractivity contribution in [1.29, 1.82) is 0 Å². The van der Waals surface area contributed by atoms with Crippen LogP contribution in [0, 0.1) is 11.7 Å². The molecule has 1 aliphatic heterocycles. The molecular formula is C11H13BrFNO2.